The molecule has 5 nitrogen and oxygen atoms in total. The number of carbonyl (C=O) groups excluding carboxylic acids is 2. The highest BCUT2D eigenvalue weighted by molar-refractivity contribution is 9.10. The zero-order valence-corrected chi connectivity index (χ0v) is 17.9. The summed E-state index contributed by atoms with van der Waals surface area (Å²) in [5.41, 5.74) is 2.20. The van der Waals surface area contributed by atoms with Gasteiger partial charge in [-0.05, 0) is 97.7 Å². The minimum Gasteiger partial charge on any atom is -0.443 e. The van der Waals surface area contributed by atoms with Crippen LogP contribution < -0.4 is 5.32 Å². The lowest BCUT2D eigenvalue weighted by molar-refractivity contribution is 0.0527. The Morgan fingerprint density at radius 1 is 1.26 bits per heavy atom. The summed E-state index contributed by atoms with van der Waals surface area (Å²) in [5, 5.41) is 3.16. The molecule has 0 spiro atoms. The molecule has 27 heavy (non-hydrogen) atoms. The van der Waals surface area contributed by atoms with Crippen LogP contribution in [0.1, 0.15) is 63.9 Å². The van der Waals surface area contributed by atoms with Gasteiger partial charge in [-0.15, -0.1) is 0 Å². The van der Waals surface area contributed by atoms with Crippen molar-refractivity contribution >= 4 is 27.9 Å². The van der Waals surface area contributed by atoms with Gasteiger partial charge in [0.15, 0.2) is 0 Å². The first kappa shape index (κ1) is 18.8. The number of amides is 1. The minimum absolute atomic E-state index is 0.248. The van der Waals surface area contributed by atoms with Gasteiger partial charge >= 0.3 is 6.09 Å². The lowest BCUT2D eigenvalue weighted by Gasteiger charge is -2.38. The monoisotopic (exact) mass is 434 g/mol. The summed E-state index contributed by atoms with van der Waals surface area (Å²) in [6, 6.07) is 1.67. The number of fused-ring (bicyclic) bond motifs is 1. The first-order valence-corrected chi connectivity index (χ1v) is 10.6. The molecule has 1 aromatic rings. The molecule has 1 N–H and O–H groups in total. The summed E-state index contributed by atoms with van der Waals surface area (Å²) in [6.45, 7) is 7.64. The Morgan fingerprint density at radius 3 is 2.70 bits per heavy atom. The normalized spacial score (nSPS) is 29.2. The van der Waals surface area contributed by atoms with E-state index >= 15 is 0 Å². The highest BCUT2D eigenvalue weighted by Gasteiger charge is 2.48. The van der Waals surface area contributed by atoms with Crippen molar-refractivity contribution in [2.75, 3.05) is 0 Å². The van der Waals surface area contributed by atoms with Crippen LogP contribution in [0.4, 0.5) is 4.79 Å². The predicted molar refractivity (Wildman–Crippen MR) is 106 cm³/mol. The van der Waals surface area contributed by atoms with Crippen molar-refractivity contribution in [3.63, 3.8) is 0 Å². The molecule has 1 amide bonds. The number of rotatable bonds is 2. The van der Waals surface area contributed by atoms with Crippen LogP contribution in [-0.4, -0.2) is 22.2 Å². The number of hydrogen-bond donors (Lipinski definition) is 1. The van der Waals surface area contributed by atoms with E-state index in [1.807, 2.05) is 20.8 Å². The number of halogens is 1. The second-order valence-electron chi connectivity index (χ2n) is 9.33. The Balaban J connectivity index is 1.58. The SMILES string of the molecule is CC1CC2CC3CC(=C1NC(=O)c1cc(Br)cn1C(=O)OC(C)(C)C)C3C2. The Labute approximate surface area is 168 Å². The van der Waals surface area contributed by atoms with Crippen molar-refractivity contribution in [3.8, 4) is 0 Å². The average Bonchev–Trinajstić information content (AvgIpc) is 3.03. The van der Waals surface area contributed by atoms with Gasteiger partial charge in [0.2, 0.25) is 0 Å². The van der Waals surface area contributed by atoms with E-state index in [4.69, 9.17) is 4.74 Å². The van der Waals surface area contributed by atoms with Gasteiger partial charge in [0.05, 0.1) is 0 Å². The van der Waals surface area contributed by atoms with Crippen LogP contribution in [0.25, 0.3) is 0 Å². The molecule has 146 valence electrons. The molecule has 0 saturated heterocycles. The Kier molecular flexibility index (Phi) is 4.53. The van der Waals surface area contributed by atoms with Crippen LogP contribution >= 0.6 is 15.9 Å². The van der Waals surface area contributed by atoms with E-state index < -0.39 is 11.7 Å². The van der Waals surface area contributed by atoms with Gasteiger partial charge in [-0.1, -0.05) is 6.92 Å². The lowest BCUT2D eigenvalue weighted by atomic mass is 9.69. The third-order valence-electron chi connectivity index (χ3n) is 6.11. The zero-order valence-electron chi connectivity index (χ0n) is 16.3. The summed E-state index contributed by atoms with van der Waals surface area (Å²) in [6.07, 6.45) is 5.93. The van der Waals surface area contributed by atoms with Gasteiger partial charge < -0.3 is 10.1 Å². The molecule has 4 rings (SSSR count). The van der Waals surface area contributed by atoms with Crippen LogP contribution in [0.5, 0.6) is 0 Å². The number of allylic oxidation sites excluding steroid dienone is 2. The minimum atomic E-state index is -0.623. The fourth-order valence-electron chi connectivity index (χ4n) is 5.06. The molecular formula is C21H27BrN2O3. The third-order valence-corrected chi connectivity index (χ3v) is 6.54. The van der Waals surface area contributed by atoms with Crippen LogP contribution in [-0.2, 0) is 4.74 Å². The molecule has 0 aliphatic heterocycles. The number of nitrogens with one attached hydrogen (secondary N) is 1. The fourth-order valence-corrected chi connectivity index (χ4v) is 5.48. The topological polar surface area (TPSA) is 60.3 Å². The van der Waals surface area contributed by atoms with E-state index in [1.54, 1.807) is 12.3 Å². The fraction of sp³-hybridized carbons (Fsp3) is 0.619. The van der Waals surface area contributed by atoms with E-state index in [9.17, 15) is 9.59 Å². The molecule has 4 atom stereocenters. The quantitative estimate of drug-likeness (QED) is 0.703. The Hall–Kier alpha value is -1.56. The van der Waals surface area contributed by atoms with E-state index in [1.165, 1.54) is 23.0 Å². The van der Waals surface area contributed by atoms with Crippen LogP contribution in [0.3, 0.4) is 0 Å². The van der Waals surface area contributed by atoms with E-state index in [-0.39, 0.29) is 5.91 Å². The average molecular weight is 435 g/mol. The van der Waals surface area contributed by atoms with Crippen molar-refractivity contribution in [2.45, 2.75) is 59.0 Å². The van der Waals surface area contributed by atoms with Crippen LogP contribution in [0, 0.1) is 23.7 Å². The molecule has 0 radical (unpaired) electrons. The van der Waals surface area contributed by atoms with E-state index in [0.717, 1.165) is 30.4 Å². The summed E-state index contributed by atoms with van der Waals surface area (Å²) in [4.78, 5) is 25.6. The maximum atomic E-state index is 13.0. The van der Waals surface area contributed by atoms with E-state index in [0.29, 0.717) is 22.0 Å². The van der Waals surface area contributed by atoms with Crippen LogP contribution in [0.15, 0.2) is 28.0 Å². The highest BCUT2D eigenvalue weighted by atomic mass is 79.9. The summed E-state index contributed by atoms with van der Waals surface area (Å²) < 4.78 is 7.40. The van der Waals surface area contributed by atoms with Crippen molar-refractivity contribution in [3.05, 3.63) is 33.7 Å². The first-order valence-electron chi connectivity index (χ1n) is 9.78. The maximum Gasteiger partial charge on any atom is 0.419 e. The molecule has 4 unspecified atom stereocenters. The number of nitrogens with zero attached hydrogens (tertiary/aromatic N) is 1. The third kappa shape index (κ3) is 3.48. The summed E-state index contributed by atoms with van der Waals surface area (Å²) in [5.74, 6) is 2.39. The molecule has 1 aromatic heterocycles. The van der Waals surface area contributed by atoms with Gasteiger partial charge in [0.1, 0.15) is 11.3 Å². The molecular weight excluding hydrogens is 408 g/mol. The molecule has 3 aliphatic rings. The molecule has 2 fully saturated rings. The number of carbonyl (C=O) groups is 2. The molecule has 2 saturated carbocycles. The van der Waals surface area contributed by atoms with Crippen molar-refractivity contribution in [2.24, 2.45) is 23.7 Å². The van der Waals surface area contributed by atoms with Crippen molar-refractivity contribution in [1.82, 2.24) is 9.88 Å². The summed E-state index contributed by atoms with van der Waals surface area (Å²) >= 11 is 3.37. The molecule has 3 aliphatic carbocycles. The Morgan fingerprint density at radius 2 is 2.00 bits per heavy atom. The second kappa shape index (κ2) is 6.50. The van der Waals surface area contributed by atoms with Crippen molar-refractivity contribution < 1.29 is 14.3 Å². The van der Waals surface area contributed by atoms with E-state index in [2.05, 4.69) is 28.2 Å². The summed E-state index contributed by atoms with van der Waals surface area (Å²) in [7, 11) is 0. The number of ether oxygens (including phenoxy) is 1. The molecule has 2 bridgehead atoms. The molecule has 1 heterocycles. The van der Waals surface area contributed by atoms with Gasteiger partial charge in [0.25, 0.3) is 5.91 Å². The zero-order chi connectivity index (χ0) is 19.5. The molecule has 6 heteroatoms. The van der Waals surface area contributed by atoms with Gasteiger partial charge in [-0.25, -0.2) is 9.36 Å². The van der Waals surface area contributed by atoms with Gasteiger partial charge in [-0.2, -0.15) is 0 Å². The van der Waals surface area contributed by atoms with Gasteiger partial charge in [-0.3, -0.25) is 4.79 Å². The standard InChI is InChI=1S/C21H27BrN2O3/c1-11-5-12-6-13-8-16(15(13)7-12)18(11)23-19(25)17-9-14(22)10-24(17)20(26)27-21(2,3)4/h9-13,15H,5-8H2,1-4H3,(H,23,25). The predicted octanol–water partition coefficient (Wildman–Crippen LogP) is 5.10. The van der Waals surface area contributed by atoms with Crippen molar-refractivity contribution in [1.29, 1.82) is 0 Å². The van der Waals surface area contributed by atoms with Crippen LogP contribution in [0.2, 0.25) is 0 Å². The van der Waals surface area contributed by atoms with Gasteiger partial charge in [0, 0.05) is 16.4 Å². The smallest absolute Gasteiger partial charge is 0.419 e. The molecule has 0 aromatic carbocycles. The lowest BCUT2D eigenvalue weighted by Crippen LogP contribution is -2.36. The largest absolute Gasteiger partial charge is 0.443 e. The number of hydrogen-bond acceptors (Lipinski definition) is 3. The maximum absolute atomic E-state index is 13.0. The Bertz CT molecular complexity index is 833. The number of aromatic nitrogens is 1. The highest BCUT2D eigenvalue weighted by Crippen LogP contribution is 2.58. The first-order chi connectivity index (χ1) is 12.6. The second-order valence-corrected chi connectivity index (χ2v) is 10.2.